The molecular weight excluding hydrogens is 184 g/mol. The van der Waals surface area contributed by atoms with Crippen LogP contribution in [-0.2, 0) is 4.74 Å². The first kappa shape index (κ1) is 8.39. The molecule has 0 N–H and O–H groups in total. The largest absolute Gasteiger partial charge is 0.489 e. The Morgan fingerprint density at radius 3 is 2.46 bits per heavy atom. The van der Waals surface area contributed by atoms with Crippen molar-refractivity contribution in [3.05, 3.63) is 59.3 Å². The van der Waals surface area contributed by atoms with E-state index < -0.39 is 0 Å². The molecule has 0 amide bonds. The maximum atomic E-state index is 5.78. The first-order valence-corrected chi connectivity index (χ1v) is 4.48. The summed E-state index contributed by atoms with van der Waals surface area (Å²) in [5.41, 5.74) is 1.12. The fraction of sp³-hybridized carbons (Fsp3) is 0.0909. The number of rotatable bonds is 1. The molecule has 0 bridgehead atoms. The van der Waals surface area contributed by atoms with Crippen LogP contribution >= 0.6 is 11.6 Å². The SMILES string of the molecule is Clc1ccc([C@H]2C=CC=CO2)cc1. The van der Waals surface area contributed by atoms with Crippen molar-refractivity contribution in [2.24, 2.45) is 0 Å². The van der Waals surface area contributed by atoms with E-state index in [4.69, 9.17) is 16.3 Å². The van der Waals surface area contributed by atoms with E-state index in [0.29, 0.717) is 0 Å². The van der Waals surface area contributed by atoms with Crippen molar-refractivity contribution < 1.29 is 4.74 Å². The zero-order valence-corrected chi connectivity index (χ0v) is 7.74. The van der Waals surface area contributed by atoms with Gasteiger partial charge in [-0.25, -0.2) is 0 Å². The van der Waals surface area contributed by atoms with Gasteiger partial charge in [-0.3, -0.25) is 0 Å². The van der Waals surface area contributed by atoms with E-state index in [9.17, 15) is 0 Å². The van der Waals surface area contributed by atoms with Gasteiger partial charge in [-0.2, -0.15) is 0 Å². The van der Waals surface area contributed by atoms with Crippen LogP contribution in [0.25, 0.3) is 0 Å². The third kappa shape index (κ3) is 1.93. The van der Waals surface area contributed by atoms with Crippen LogP contribution in [0.2, 0.25) is 5.02 Å². The Kier molecular flexibility index (Phi) is 2.37. The molecule has 1 atom stereocenters. The Bertz CT molecular complexity index is 338. The Morgan fingerprint density at radius 2 is 1.85 bits per heavy atom. The summed E-state index contributed by atoms with van der Waals surface area (Å²) >= 11 is 5.78. The van der Waals surface area contributed by atoms with Crippen molar-refractivity contribution in [1.29, 1.82) is 0 Å². The van der Waals surface area contributed by atoms with Gasteiger partial charge in [0.1, 0.15) is 6.10 Å². The minimum absolute atomic E-state index is 0.0299. The summed E-state index contributed by atoms with van der Waals surface area (Å²) in [4.78, 5) is 0. The second-order valence-electron chi connectivity index (χ2n) is 2.82. The molecule has 1 aromatic rings. The summed E-state index contributed by atoms with van der Waals surface area (Å²) in [5, 5.41) is 0.749. The smallest absolute Gasteiger partial charge is 0.141 e. The molecule has 13 heavy (non-hydrogen) atoms. The lowest BCUT2D eigenvalue weighted by molar-refractivity contribution is 0.186. The highest BCUT2D eigenvalue weighted by Gasteiger charge is 2.08. The maximum absolute atomic E-state index is 5.78. The Balaban J connectivity index is 2.21. The first-order valence-electron chi connectivity index (χ1n) is 4.10. The van der Waals surface area contributed by atoms with Crippen molar-refractivity contribution in [1.82, 2.24) is 0 Å². The van der Waals surface area contributed by atoms with E-state index >= 15 is 0 Å². The fourth-order valence-electron chi connectivity index (χ4n) is 1.23. The van der Waals surface area contributed by atoms with Crippen molar-refractivity contribution in [3.63, 3.8) is 0 Å². The van der Waals surface area contributed by atoms with Crippen LogP contribution in [0.1, 0.15) is 11.7 Å². The molecule has 2 rings (SSSR count). The van der Waals surface area contributed by atoms with Crippen LogP contribution in [0.4, 0.5) is 0 Å². The second-order valence-corrected chi connectivity index (χ2v) is 3.26. The van der Waals surface area contributed by atoms with Gasteiger partial charge in [-0.1, -0.05) is 29.8 Å². The fourth-order valence-corrected chi connectivity index (χ4v) is 1.35. The van der Waals surface area contributed by atoms with Gasteiger partial charge >= 0.3 is 0 Å². The topological polar surface area (TPSA) is 9.23 Å². The molecule has 0 aromatic heterocycles. The molecule has 2 heteroatoms. The van der Waals surface area contributed by atoms with Gasteiger partial charge in [0.25, 0.3) is 0 Å². The Labute approximate surface area is 82.3 Å². The molecule has 0 aliphatic carbocycles. The minimum Gasteiger partial charge on any atom is -0.489 e. The molecular formula is C11H9ClO. The predicted molar refractivity (Wildman–Crippen MR) is 53.6 cm³/mol. The number of ether oxygens (including phenoxy) is 1. The summed E-state index contributed by atoms with van der Waals surface area (Å²) < 4.78 is 5.39. The van der Waals surface area contributed by atoms with Crippen molar-refractivity contribution >= 4 is 11.6 Å². The lowest BCUT2D eigenvalue weighted by atomic mass is 10.1. The second kappa shape index (κ2) is 3.67. The number of hydrogen-bond acceptors (Lipinski definition) is 1. The summed E-state index contributed by atoms with van der Waals surface area (Å²) in [6.45, 7) is 0. The van der Waals surface area contributed by atoms with Crippen LogP contribution in [0, 0.1) is 0 Å². The van der Waals surface area contributed by atoms with E-state index in [-0.39, 0.29) is 6.10 Å². The van der Waals surface area contributed by atoms with E-state index in [1.807, 2.05) is 42.5 Å². The molecule has 1 aliphatic rings. The molecule has 1 nitrogen and oxygen atoms in total. The average Bonchev–Trinajstić information content (AvgIpc) is 2.20. The molecule has 0 saturated heterocycles. The highest BCUT2D eigenvalue weighted by molar-refractivity contribution is 6.30. The van der Waals surface area contributed by atoms with Crippen LogP contribution in [0.3, 0.4) is 0 Å². The molecule has 1 aliphatic heterocycles. The summed E-state index contributed by atoms with van der Waals surface area (Å²) in [7, 11) is 0. The highest BCUT2D eigenvalue weighted by atomic mass is 35.5. The number of benzene rings is 1. The van der Waals surface area contributed by atoms with Crippen molar-refractivity contribution in [2.75, 3.05) is 0 Å². The normalized spacial score (nSPS) is 19.9. The number of halogens is 1. The van der Waals surface area contributed by atoms with Crippen LogP contribution in [-0.4, -0.2) is 0 Å². The summed E-state index contributed by atoms with van der Waals surface area (Å²) in [6.07, 6.45) is 7.57. The lowest BCUT2D eigenvalue weighted by Crippen LogP contribution is -1.98. The maximum Gasteiger partial charge on any atom is 0.141 e. The van der Waals surface area contributed by atoms with Gasteiger partial charge in [0.15, 0.2) is 0 Å². The average molecular weight is 193 g/mol. The third-order valence-electron chi connectivity index (χ3n) is 1.90. The lowest BCUT2D eigenvalue weighted by Gasteiger charge is -2.14. The van der Waals surface area contributed by atoms with Gasteiger partial charge in [0, 0.05) is 5.02 Å². The van der Waals surface area contributed by atoms with Gasteiger partial charge in [0.2, 0.25) is 0 Å². The Hall–Kier alpha value is -1.21. The van der Waals surface area contributed by atoms with E-state index in [2.05, 4.69) is 0 Å². The predicted octanol–water partition coefficient (Wildman–Crippen LogP) is 3.48. The van der Waals surface area contributed by atoms with Crippen LogP contribution < -0.4 is 0 Å². The summed E-state index contributed by atoms with van der Waals surface area (Å²) in [6, 6.07) is 7.67. The molecule has 0 fully saturated rings. The summed E-state index contributed by atoms with van der Waals surface area (Å²) in [5.74, 6) is 0. The van der Waals surface area contributed by atoms with Crippen LogP contribution in [0.15, 0.2) is 48.8 Å². The van der Waals surface area contributed by atoms with Gasteiger partial charge in [0.05, 0.1) is 6.26 Å². The highest BCUT2D eigenvalue weighted by Crippen LogP contribution is 2.23. The molecule has 66 valence electrons. The molecule has 0 unspecified atom stereocenters. The minimum atomic E-state index is 0.0299. The van der Waals surface area contributed by atoms with E-state index in [1.54, 1.807) is 6.26 Å². The number of hydrogen-bond donors (Lipinski definition) is 0. The molecule has 1 heterocycles. The van der Waals surface area contributed by atoms with Crippen LogP contribution in [0.5, 0.6) is 0 Å². The Morgan fingerprint density at radius 1 is 1.08 bits per heavy atom. The zero-order chi connectivity index (χ0) is 9.10. The monoisotopic (exact) mass is 192 g/mol. The van der Waals surface area contributed by atoms with E-state index in [1.165, 1.54) is 0 Å². The first-order chi connectivity index (χ1) is 6.36. The van der Waals surface area contributed by atoms with E-state index in [0.717, 1.165) is 10.6 Å². The third-order valence-corrected chi connectivity index (χ3v) is 2.15. The van der Waals surface area contributed by atoms with Gasteiger partial charge in [-0.15, -0.1) is 0 Å². The number of allylic oxidation sites excluding steroid dienone is 2. The standard InChI is InChI=1S/C11H9ClO/c12-10-6-4-9(5-7-10)11-3-1-2-8-13-11/h1-8,11H/t11-/m1/s1. The molecule has 0 radical (unpaired) electrons. The quantitative estimate of drug-likeness (QED) is 0.662. The molecule has 0 saturated carbocycles. The zero-order valence-electron chi connectivity index (χ0n) is 6.98. The van der Waals surface area contributed by atoms with Crippen molar-refractivity contribution in [3.8, 4) is 0 Å². The van der Waals surface area contributed by atoms with Gasteiger partial charge in [-0.05, 0) is 29.8 Å². The molecule has 1 aromatic carbocycles. The molecule has 0 spiro atoms. The van der Waals surface area contributed by atoms with Crippen molar-refractivity contribution in [2.45, 2.75) is 6.10 Å². The van der Waals surface area contributed by atoms with Gasteiger partial charge < -0.3 is 4.74 Å².